The van der Waals surface area contributed by atoms with Crippen molar-refractivity contribution in [1.29, 1.82) is 0 Å². The minimum atomic E-state index is -0.658. The van der Waals surface area contributed by atoms with E-state index >= 15 is 0 Å². The fourth-order valence-corrected chi connectivity index (χ4v) is 1.75. The van der Waals surface area contributed by atoms with Gasteiger partial charge >= 0.3 is 0 Å². The van der Waals surface area contributed by atoms with Crippen LogP contribution in [0.1, 0.15) is 29.6 Å². The average Bonchev–Trinajstić information content (AvgIpc) is 2.95. The first kappa shape index (κ1) is 10.7. The van der Waals surface area contributed by atoms with E-state index in [2.05, 4.69) is 15.9 Å². The maximum absolute atomic E-state index is 13.3. The third kappa shape index (κ3) is 2.43. The van der Waals surface area contributed by atoms with Crippen molar-refractivity contribution < 1.29 is 13.6 Å². The zero-order valence-corrected chi connectivity index (χ0v) is 9.48. The molecule has 1 aromatic rings. The molecule has 0 heterocycles. The molecular weight excluding hydrogens is 266 g/mol. The van der Waals surface area contributed by atoms with Crippen LogP contribution in [-0.4, -0.2) is 5.78 Å². The molecule has 1 fully saturated rings. The van der Waals surface area contributed by atoms with Crippen molar-refractivity contribution in [1.82, 2.24) is 0 Å². The van der Waals surface area contributed by atoms with Crippen molar-refractivity contribution >= 4 is 21.7 Å². The fraction of sp³-hybridized carbons (Fsp3) is 0.364. The molecule has 0 spiro atoms. The fourth-order valence-electron chi connectivity index (χ4n) is 1.43. The van der Waals surface area contributed by atoms with Crippen molar-refractivity contribution in [3.05, 3.63) is 33.8 Å². The molecule has 0 radical (unpaired) electrons. The third-order valence-corrected chi connectivity index (χ3v) is 3.09. The number of hydrogen-bond donors (Lipinski definition) is 0. The van der Waals surface area contributed by atoms with E-state index in [0.717, 1.165) is 25.0 Å². The molecule has 1 aliphatic carbocycles. The molecule has 0 aliphatic heterocycles. The molecule has 0 bridgehead atoms. The van der Waals surface area contributed by atoms with Crippen LogP contribution in [-0.2, 0) is 0 Å². The Morgan fingerprint density at radius 1 is 1.33 bits per heavy atom. The van der Waals surface area contributed by atoms with Gasteiger partial charge in [-0.15, -0.1) is 0 Å². The van der Waals surface area contributed by atoms with Gasteiger partial charge in [-0.2, -0.15) is 0 Å². The molecule has 1 nitrogen and oxygen atoms in total. The summed E-state index contributed by atoms with van der Waals surface area (Å²) in [6, 6.07) is 1.96. The number of rotatable bonds is 3. The Balaban J connectivity index is 2.25. The van der Waals surface area contributed by atoms with Gasteiger partial charge in [-0.05, 0) is 46.8 Å². The first-order valence-electron chi connectivity index (χ1n) is 4.75. The number of carbonyl (C=O) groups is 1. The predicted octanol–water partition coefficient (Wildman–Crippen LogP) is 3.71. The molecule has 0 N–H and O–H groups in total. The molecule has 15 heavy (non-hydrogen) atoms. The minimum absolute atomic E-state index is 0.0444. The molecule has 0 unspecified atom stereocenters. The Morgan fingerprint density at radius 2 is 2.00 bits per heavy atom. The lowest BCUT2D eigenvalue weighted by Crippen LogP contribution is -2.04. The molecular formula is C11H9BrF2O. The SMILES string of the molecule is O=C(CC1CC1)c1cc(F)c(Br)cc1F. The van der Waals surface area contributed by atoms with Crippen molar-refractivity contribution in [2.45, 2.75) is 19.3 Å². The molecule has 0 atom stereocenters. The van der Waals surface area contributed by atoms with Crippen LogP contribution in [0.2, 0.25) is 0 Å². The summed E-state index contributed by atoms with van der Waals surface area (Å²) in [5, 5.41) is 0. The standard InChI is InChI=1S/C11H9BrF2O/c12-8-5-9(13)7(4-10(8)14)11(15)3-6-1-2-6/h4-6H,1-3H2. The number of Topliss-reactive ketones (excluding diaryl/α,β-unsaturated/α-hetero) is 1. The van der Waals surface area contributed by atoms with Gasteiger partial charge in [-0.25, -0.2) is 8.78 Å². The zero-order chi connectivity index (χ0) is 11.0. The second-order valence-corrected chi connectivity index (χ2v) is 4.67. The lowest BCUT2D eigenvalue weighted by atomic mass is 10.1. The van der Waals surface area contributed by atoms with Gasteiger partial charge in [0, 0.05) is 6.42 Å². The van der Waals surface area contributed by atoms with Gasteiger partial charge in [-0.3, -0.25) is 4.79 Å². The van der Waals surface area contributed by atoms with Crippen LogP contribution < -0.4 is 0 Å². The highest BCUT2D eigenvalue weighted by Crippen LogP contribution is 2.34. The third-order valence-electron chi connectivity index (χ3n) is 2.48. The summed E-state index contributed by atoms with van der Waals surface area (Å²) in [7, 11) is 0. The van der Waals surface area contributed by atoms with Gasteiger partial charge in [-0.1, -0.05) is 0 Å². The number of ketones is 1. The average molecular weight is 275 g/mol. The van der Waals surface area contributed by atoms with Gasteiger partial charge in [0.25, 0.3) is 0 Å². The Hall–Kier alpha value is -0.770. The Labute approximate surface area is 94.6 Å². The molecule has 1 aromatic carbocycles. The van der Waals surface area contributed by atoms with E-state index in [-0.39, 0.29) is 15.8 Å². The number of halogens is 3. The first-order valence-corrected chi connectivity index (χ1v) is 5.55. The van der Waals surface area contributed by atoms with Crippen molar-refractivity contribution in [2.24, 2.45) is 5.92 Å². The van der Waals surface area contributed by atoms with E-state index in [1.54, 1.807) is 0 Å². The quantitative estimate of drug-likeness (QED) is 0.607. The second kappa shape index (κ2) is 4.00. The van der Waals surface area contributed by atoms with E-state index < -0.39 is 11.6 Å². The van der Waals surface area contributed by atoms with Crippen LogP contribution in [0, 0.1) is 17.6 Å². The maximum atomic E-state index is 13.3. The van der Waals surface area contributed by atoms with Crippen molar-refractivity contribution in [3.8, 4) is 0 Å². The van der Waals surface area contributed by atoms with E-state index in [0.29, 0.717) is 12.3 Å². The molecule has 2 rings (SSSR count). The van der Waals surface area contributed by atoms with Gasteiger partial charge in [0.15, 0.2) is 5.78 Å². The van der Waals surface area contributed by atoms with Crippen LogP contribution in [0.3, 0.4) is 0 Å². The summed E-state index contributed by atoms with van der Waals surface area (Å²) in [5.74, 6) is -1.19. The van der Waals surface area contributed by atoms with Crippen molar-refractivity contribution in [3.63, 3.8) is 0 Å². The van der Waals surface area contributed by atoms with Crippen LogP contribution in [0.5, 0.6) is 0 Å². The Bertz CT molecular complexity index is 413. The highest BCUT2D eigenvalue weighted by molar-refractivity contribution is 9.10. The maximum Gasteiger partial charge on any atom is 0.166 e. The van der Waals surface area contributed by atoms with Gasteiger partial charge in [0.2, 0.25) is 0 Å². The highest BCUT2D eigenvalue weighted by Gasteiger charge is 2.26. The smallest absolute Gasteiger partial charge is 0.166 e. The molecule has 80 valence electrons. The molecule has 0 amide bonds. The predicted molar refractivity (Wildman–Crippen MR) is 55.7 cm³/mol. The van der Waals surface area contributed by atoms with E-state index in [1.807, 2.05) is 0 Å². The summed E-state index contributed by atoms with van der Waals surface area (Å²) in [6.45, 7) is 0. The number of hydrogen-bond acceptors (Lipinski definition) is 1. The summed E-state index contributed by atoms with van der Waals surface area (Å²) in [5.41, 5.74) is -0.136. The summed E-state index contributed by atoms with van der Waals surface area (Å²) < 4.78 is 26.5. The normalized spacial score (nSPS) is 15.4. The van der Waals surface area contributed by atoms with Crippen LogP contribution in [0.15, 0.2) is 16.6 Å². The number of carbonyl (C=O) groups excluding carboxylic acids is 1. The van der Waals surface area contributed by atoms with Gasteiger partial charge < -0.3 is 0 Å². The molecule has 4 heteroatoms. The summed E-state index contributed by atoms with van der Waals surface area (Å²) in [6.07, 6.45) is 2.37. The Kier molecular flexibility index (Phi) is 2.87. The highest BCUT2D eigenvalue weighted by atomic mass is 79.9. The molecule has 1 saturated carbocycles. The largest absolute Gasteiger partial charge is 0.294 e. The Morgan fingerprint density at radius 3 is 2.60 bits per heavy atom. The van der Waals surface area contributed by atoms with Gasteiger partial charge in [0.05, 0.1) is 10.0 Å². The second-order valence-electron chi connectivity index (χ2n) is 3.82. The molecule has 1 aliphatic rings. The van der Waals surface area contributed by atoms with Crippen LogP contribution in [0.25, 0.3) is 0 Å². The topological polar surface area (TPSA) is 17.1 Å². The van der Waals surface area contributed by atoms with E-state index in [1.165, 1.54) is 0 Å². The minimum Gasteiger partial charge on any atom is -0.294 e. The van der Waals surface area contributed by atoms with Crippen LogP contribution >= 0.6 is 15.9 Å². The lowest BCUT2D eigenvalue weighted by molar-refractivity contribution is 0.0971. The lowest BCUT2D eigenvalue weighted by Gasteiger charge is -2.03. The van der Waals surface area contributed by atoms with Gasteiger partial charge in [0.1, 0.15) is 11.6 Å². The van der Waals surface area contributed by atoms with Crippen LogP contribution in [0.4, 0.5) is 8.78 Å². The summed E-state index contributed by atoms with van der Waals surface area (Å²) >= 11 is 2.87. The van der Waals surface area contributed by atoms with Crippen molar-refractivity contribution in [2.75, 3.05) is 0 Å². The zero-order valence-electron chi connectivity index (χ0n) is 7.90. The molecule has 0 saturated heterocycles. The summed E-state index contributed by atoms with van der Waals surface area (Å²) in [4.78, 5) is 11.6. The van der Waals surface area contributed by atoms with E-state index in [9.17, 15) is 13.6 Å². The first-order chi connectivity index (χ1) is 7.08. The number of benzene rings is 1. The monoisotopic (exact) mass is 274 g/mol. The molecule has 0 aromatic heterocycles. The van der Waals surface area contributed by atoms with E-state index in [4.69, 9.17) is 0 Å².